The molecule has 0 saturated carbocycles. The first-order chi connectivity index (χ1) is 8.63. The first-order valence-corrected chi connectivity index (χ1v) is 6.82. The van der Waals surface area contributed by atoms with E-state index in [2.05, 4.69) is 18.3 Å². The van der Waals surface area contributed by atoms with E-state index in [0.717, 1.165) is 18.0 Å². The number of benzene rings is 1. The zero-order chi connectivity index (χ0) is 13.4. The van der Waals surface area contributed by atoms with Crippen molar-refractivity contribution >= 4 is 17.7 Å². The van der Waals surface area contributed by atoms with Gasteiger partial charge in [0, 0.05) is 25.1 Å². The summed E-state index contributed by atoms with van der Waals surface area (Å²) in [5.74, 6) is 0.0209. The van der Waals surface area contributed by atoms with Crippen LogP contribution in [0, 0.1) is 6.92 Å². The van der Waals surface area contributed by atoms with Gasteiger partial charge in [0.25, 0.3) is 0 Å². The number of aryl methyl sites for hydroxylation is 1. The molecule has 5 heteroatoms. The first kappa shape index (κ1) is 15.0. The molecule has 0 aromatic heterocycles. The predicted molar refractivity (Wildman–Crippen MR) is 74.7 cm³/mol. The Kier molecular flexibility index (Phi) is 6.78. The topological polar surface area (TPSA) is 64.3 Å². The third kappa shape index (κ3) is 5.53. The maximum atomic E-state index is 10.8. The van der Waals surface area contributed by atoms with Gasteiger partial charge in [0.15, 0.2) is 0 Å². The zero-order valence-electron chi connectivity index (χ0n) is 10.9. The van der Waals surface area contributed by atoms with Gasteiger partial charge in [0.05, 0.1) is 12.4 Å². The molecule has 100 valence electrons. The third-order valence-electron chi connectivity index (χ3n) is 2.38. The summed E-state index contributed by atoms with van der Waals surface area (Å²) in [5, 5.41) is 3.30. The Bertz CT molecular complexity index is 397. The van der Waals surface area contributed by atoms with E-state index in [4.69, 9.17) is 10.5 Å². The van der Waals surface area contributed by atoms with Crippen LogP contribution < -0.4 is 11.1 Å². The molecule has 0 saturated heterocycles. The minimum atomic E-state index is -0.293. The van der Waals surface area contributed by atoms with Crippen molar-refractivity contribution in [3.63, 3.8) is 0 Å². The number of amides is 1. The van der Waals surface area contributed by atoms with Crippen molar-refractivity contribution < 1.29 is 9.53 Å². The fourth-order valence-corrected chi connectivity index (χ4v) is 2.31. The quantitative estimate of drug-likeness (QED) is 0.551. The summed E-state index contributed by atoms with van der Waals surface area (Å²) >= 11 is 1.48. The number of ether oxygens (including phenoxy) is 1. The molecular weight excluding hydrogens is 248 g/mol. The Morgan fingerprint density at radius 3 is 2.94 bits per heavy atom. The number of thioether (sulfide) groups is 1. The molecular formula is C13H20N2O2S. The molecule has 0 radical (unpaired) electrons. The summed E-state index contributed by atoms with van der Waals surface area (Å²) in [4.78, 5) is 11.9. The number of carbonyl (C=O) groups excluding carboxylic acids is 1. The number of rotatable bonds is 8. The molecule has 3 N–H and O–H groups in total. The molecule has 1 rings (SSSR count). The van der Waals surface area contributed by atoms with Gasteiger partial charge in [-0.05, 0) is 18.6 Å². The lowest BCUT2D eigenvalue weighted by atomic mass is 10.1. The Morgan fingerprint density at radius 2 is 2.28 bits per heavy atom. The van der Waals surface area contributed by atoms with Gasteiger partial charge < -0.3 is 15.8 Å². The second kappa shape index (κ2) is 8.13. The summed E-state index contributed by atoms with van der Waals surface area (Å²) in [7, 11) is 1.68. The molecule has 0 aliphatic heterocycles. The summed E-state index contributed by atoms with van der Waals surface area (Å²) in [6.45, 7) is 4.33. The maximum Gasteiger partial charge on any atom is 0.227 e. The van der Waals surface area contributed by atoms with Crippen LogP contribution in [0.15, 0.2) is 23.1 Å². The lowest BCUT2D eigenvalue weighted by Crippen LogP contribution is -2.19. The second-order valence-electron chi connectivity index (χ2n) is 4.04. The van der Waals surface area contributed by atoms with Crippen LogP contribution in [0.5, 0.6) is 0 Å². The fourth-order valence-electron chi connectivity index (χ4n) is 1.53. The zero-order valence-corrected chi connectivity index (χ0v) is 11.7. The van der Waals surface area contributed by atoms with Crippen molar-refractivity contribution in [2.45, 2.75) is 18.4 Å². The molecule has 0 heterocycles. The molecule has 0 fully saturated rings. The van der Waals surface area contributed by atoms with E-state index in [-0.39, 0.29) is 5.91 Å². The smallest absolute Gasteiger partial charge is 0.227 e. The van der Waals surface area contributed by atoms with Crippen molar-refractivity contribution in [3.8, 4) is 0 Å². The molecule has 0 spiro atoms. The largest absolute Gasteiger partial charge is 0.383 e. The van der Waals surface area contributed by atoms with Crippen LogP contribution >= 0.6 is 11.8 Å². The van der Waals surface area contributed by atoms with Crippen LogP contribution in [0.2, 0.25) is 0 Å². The molecule has 1 aromatic rings. The molecule has 0 aliphatic rings. The van der Waals surface area contributed by atoms with Gasteiger partial charge in [-0.15, -0.1) is 11.8 Å². The summed E-state index contributed by atoms with van der Waals surface area (Å²) in [6.07, 6.45) is 0. The highest BCUT2D eigenvalue weighted by Crippen LogP contribution is 2.23. The molecule has 1 amide bonds. The highest BCUT2D eigenvalue weighted by molar-refractivity contribution is 8.00. The number of carbonyl (C=O) groups is 1. The van der Waals surface area contributed by atoms with E-state index in [0.29, 0.717) is 12.4 Å². The number of nitrogens with one attached hydrogen (secondary N) is 1. The third-order valence-corrected chi connectivity index (χ3v) is 3.52. The van der Waals surface area contributed by atoms with Gasteiger partial charge in [-0.1, -0.05) is 17.7 Å². The van der Waals surface area contributed by atoms with Gasteiger partial charge in [-0.2, -0.15) is 0 Å². The number of hydrogen-bond donors (Lipinski definition) is 2. The predicted octanol–water partition coefficient (Wildman–Crippen LogP) is 1.31. The van der Waals surface area contributed by atoms with E-state index in [9.17, 15) is 4.79 Å². The average Bonchev–Trinajstić information content (AvgIpc) is 2.33. The molecule has 0 unspecified atom stereocenters. The SMILES string of the molecule is COCCNCc1cc(C)ccc1SCC(N)=O. The van der Waals surface area contributed by atoms with Crippen molar-refractivity contribution in [3.05, 3.63) is 29.3 Å². The van der Waals surface area contributed by atoms with Gasteiger partial charge in [0.1, 0.15) is 0 Å². The fraction of sp³-hybridized carbons (Fsp3) is 0.462. The minimum Gasteiger partial charge on any atom is -0.383 e. The van der Waals surface area contributed by atoms with Crippen molar-refractivity contribution in [2.24, 2.45) is 5.73 Å². The first-order valence-electron chi connectivity index (χ1n) is 5.83. The number of nitrogens with two attached hydrogens (primary N) is 1. The van der Waals surface area contributed by atoms with Crippen molar-refractivity contribution in [1.82, 2.24) is 5.32 Å². The van der Waals surface area contributed by atoms with Gasteiger partial charge in [-0.3, -0.25) is 4.79 Å². The molecule has 18 heavy (non-hydrogen) atoms. The average molecular weight is 268 g/mol. The van der Waals surface area contributed by atoms with E-state index in [1.807, 2.05) is 12.1 Å². The summed E-state index contributed by atoms with van der Waals surface area (Å²) < 4.78 is 4.98. The van der Waals surface area contributed by atoms with E-state index in [1.54, 1.807) is 7.11 Å². The Morgan fingerprint density at radius 1 is 1.50 bits per heavy atom. The summed E-state index contributed by atoms with van der Waals surface area (Å²) in [5.41, 5.74) is 7.57. The van der Waals surface area contributed by atoms with Gasteiger partial charge in [0.2, 0.25) is 5.91 Å². The van der Waals surface area contributed by atoms with E-state index >= 15 is 0 Å². The van der Waals surface area contributed by atoms with E-state index < -0.39 is 0 Å². The van der Waals surface area contributed by atoms with Crippen LogP contribution in [-0.4, -0.2) is 31.9 Å². The normalized spacial score (nSPS) is 10.6. The van der Waals surface area contributed by atoms with E-state index in [1.165, 1.54) is 22.9 Å². The number of hydrogen-bond acceptors (Lipinski definition) is 4. The summed E-state index contributed by atoms with van der Waals surface area (Å²) in [6, 6.07) is 6.21. The standard InChI is InChI=1S/C13H20N2O2S/c1-10-3-4-12(18-9-13(14)16)11(7-10)8-15-5-6-17-2/h3-4,7,15H,5-6,8-9H2,1-2H3,(H2,14,16). The second-order valence-corrected chi connectivity index (χ2v) is 5.05. The Hall–Kier alpha value is -1.04. The van der Waals surface area contributed by atoms with Crippen molar-refractivity contribution in [2.75, 3.05) is 26.0 Å². The molecule has 0 atom stereocenters. The van der Waals surface area contributed by atoms with Crippen LogP contribution in [0.1, 0.15) is 11.1 Å². The minimum absolute atomic E-state index is 0.293. The molecule has 1 aromatic carbocycles. The lowest BCUT2D eigenvalue weighted by molar-refractivity contribution is -0.115. The number of primary amides is 1. The van der Waals surface area contributed by atoms with Crippen LogP contribution in [0.25, 0.3) is 0 Å². The highest BCUT2D eigenvalue weighted by Gasteiger charge is 2.05. The highest BCUT2D eigenvalue weighted by atomic mass is 32.2. The molecule has 0 aliphatic carbocycles. The van der Waals surface area contributed by atoms with Crippen LogP contribution in [0.3, 0.4) is 0 Å². The van der Waals surface area contributed by atoms with Gasteiger partial charge >= 0.3 is 0 Å². The monoisotopic (exact) mass is 268 g/mol. The van der Waals surface area contributed by atoms with Gasteiger partial charge in [-0.25, -0.2) is 0 Å². The van der Waals surface area contributed by atoms with Crippen LogP contribution in [0.4, 0.5) is 0 Å². The Labute approximate surface area is 112 Å². The lowest BCUT2D eigenvalue weighted by Gasteiger charge is -2.10. The Balaban J connectivity index is 2.61. The maximum absolute atomic E-state index is 10.8. The number of methoxy groups -OCH3 is 1. The van der Waals surface area contributed by atoms with Crippen LogP contribution in [-0.2, 0) is 16.1 Å². The molecule has 0 bridgehead atoms. The molecule has 4 nitrogen and oxygen atoms in total. The van der Waals surface area contributed by atoms with Crippen molar-refractivity contribution in [1.29, 1.82) is 0 Å².